The second-order valence-electron chi connectivity index (χ2n) is 7.00. The summed E-state index contributed by atoms with van der Waals surface area (Å²) in [5.74, 6) is -0.220. The fraction of sp³-hybridized carbons (Fsp3) is 0.474. The van der Waals surface area contributed by atoms with Crippen LogP contribution in [-0.2, 0) is 14.8 Å². The number of amides is 1. The van der Waals surface area contributed by atoms with E-state index in [4.69, 9.17) is 4.52 Å². The molecule has 8 heteroatoms. The van der Waals surface area contributed by atoms with Crippen LogP contribution in [-0.4, -0.2) is 36.9 Å². The van der Waals surface area contributed by atoms with Gasteiger partial charge >= 0.3 is 0 Å². The Balaban J connectivity index is 1.71. The quantitative estimate of drug-likeness (QED) is 0.846. The number of aryl methyl sites for hydroxylation is 2. The first-order valence-electron chi connectivity index (χ1n) is 9.09. The van der Waals surface area contributed by atoms with Crippen molar-refractivity contribution >= 4 is 15.9 Å². The van der Waals surface area contributed by atoms with Crippen LogP contribution < -0.4 is 5.32 Å². The number of hydrogen-bond donors (Lipinski definition) is 1. The van der Waals surface area contributed by atoms with Crippen molar-refractivity contribution in [2.45, 2.75) is 44.6 Å². The molecule has 1 saturated heterocycles. The third-order valence-corrected chi connectivity index (χ3v) is 7.09. The maximum atomic E-state index is 13.0. The zero-order valence-corrected chi connectivity index (χ0v) is 16.6. The molecule has 1 aliphatic heterocycles. The Morgan fingerprint density at radius 1 is 1.30 bits per heavy atom. The molecular weight excluding hydrogens is 366 g/mol. The molecule has 0 saturated carbocycles. The lowest BCUT2D eigenvalue weighted by molar-refractivity contribution is -0.126. The van der Waals surface area contributed by atoms with Crippen LogP contribution in [0.3, 0.4) is 0 Å². The van der Waals surface area contributed by atoms with Gasteiger partial charge in [0.05, 0.1) is 12.0 Å². The molecule has 0 aliphatic carbocycles. The Hall–Kier alpha value is -2.19. The first-order chi connectivity index (χ1) is 12.8. The first-order valence-corrected chi connectivity index (χ1v) is 10.5. The molecule has 2 atom stereocenters. The number of carbonyl (C=O) groups excluding carboxylic acids is 1. The molecule has 2 heterocycles. The number of rotatable bonds is 5. The molecule has 2 aromatic rings. The molecule has 1 fully saturated rings. The number of aromatic nitrogens is 1. The molecule has 1 amide bonds. The Kier molecular flexibility index (Phi) is 5.67. The van der Waals surface area contributed by atoms with Gasteiger partial charge in [-0.25, -0.2) is 8.42 Å². The minimum absolute atomic E-state index is 0.112. The SMILES string of the molecule is Cc1noc(C)c1S(=O)(=O)N1CCC[C@H](C(=O)N[C@@H](C)c2ccccc2)C1. The maximum Gasteiger partial charge on any atom is 0.248 e. The Bertz CT molecular complexity index is 889. The van der Waals surface area contributed by atoms with Crippen molar-refractivity contribution < 1.29 is 17.7 Å². The lowest BCUT2D eigenvalue weighted by atomic mass is 9.98. The van der Waals surface area contributed by atoms with E-state index >= 15 is 0 Å². The number of carbonyl (C=O) groups is 1. The highest BCUT2D eigenvalue weighted by Crippen LogP contribution is 2.28. The van der Waals surface area contributed by atoms with Gasteiger partial charge in [-0.1, -0.05) is 35.5 Å². The number of nitrogens with zero attached hydrogens (tertiary/aromatic N) is 2. The summed E-state index contributed by atoms with van der Waals surface area (Å²) in [6, 6.07) is 9.57. The van der Waals surface area contributed by atoms with Crippen molar-refractivity contribution in [1.29, 1.82) is 0 Å². The average Bonchev–Trinajstić information content (AvgIpc) is 3.01. The van der Waals surface area contributed by atoms with E-state index in [2.05, 4.69) is 10.5 Å². The summed E-state index contributed by atoms with van der Waals surface area (Å²) >= 11 is 0. The second kappa shape index (κ2) is 7.82. The van der Waals surface area contributed by atoms with E-state index in [1.807, 2.05) is 37.3 Å². The van der Waals surface area contributed by atoms with Crippen LogP contribution in [0.1, 0.15) is 42.8 Å². The van der Waals surface area contributed by atoms with Crippen molar-refractivity contribution in [2.75, 3.05) is 13.1 Å². The summed E-state index contributed by atoms with van der Waals surface area (Å²) in [5, 5.41) is 6.75. The molecule has 27 heavy (non-hydrogen) atoms. The fourth-order valence-electron chi connectivity index (χ4n) is 3.50. The van der Waals surface area contributed by atoms with Gasteiger partial charge in [0.25, 0.3) is 0 Å². The molecule has 1 aromatic heterocycles. The van der Waals surface area contributed by atoms with Gasteiger partial charge in [0.2, 0.25) is 15.9 Å². The molecule has 0 radical (unpaired) electrons. The molecule has 0 unspecified atom stereocenters. The van der Waals surface area contributed by atoms with Gasteiger partial charge in [-0.2, -0.15) is 4.31 Å². The highest BCUT2D eigenvalue weighted by molar-refractivity contribution is 7.89. The Morgan fingerprint density at radius 3 is 2.63 bits per heavy atom. The number of hydrogen-bond acceptors (Lipinski definition) is 5. The third kappa shape index (κ3) is 4.06. The fourth-order valence-corrected chi connectivity index (χ4v) is 5.32. The van der Waals surface area contributed by atoms with Crippen LogP contribution in [0, 0.1) is 19.8 Å². The van der Waals surface area contributed by atoms with Gasteiger partial charge in [0, 0.05) is 13.1 Å². The van der Waals surface area contributed by atoms with E-state index in [0.29, 0.717) is 25.1 Å². The topological polar surface area (TPSA) is 92.5 Å². The van der Waals surface area contributed by atoms with Crippen molar-refractivity contribution in [3.05, 3.63) is 47.3 Å². The summed E-state index contributed by atoms with van der Waals surface area (Å²) in [4.78, 5) is 12.8. The number of piperidine rings is 1. The molecule has 1 N–H and O–H groups in total. The van der Waals surface area contributed by atoms with Gasteiger partial charge in [-0.3, -0.25) is 4.79 Å². The molecule has 0 spiro atoms. The van der Waals surface area contributed by atoms with Crippen molar-refractivity contribution in [3.63, 3.8) is 0 Å². The summed E-state index contributed by atoms with van der Waals surface area (Å²) < 4.78 is 32.4. The van der Waals surface area contributed by atoms with Crippen LogP contribution in [0.2, 0.25) is 0 Å². The lowest BCUT2D eigenvalue weighted by Gasteiger charge is -2.31. The third-order valence-electron chi connectivity index (χ3n) is 4.98. The minimum Gasteiger partial charge on any atom is -0.360 e. The van der Waals surface area contributed by atoms with Crippen molar-refractivity contribution in [2.24, 2.45) is 5.92 Å². The van der Waals surface area contributed by atoms with Crippen LogP contribution in [0.15, 0.2) is 39.8 Å². The summed E-state index contributed by atoms with van der Waals surface area (Å²) in [5.41, 5.74) is 1.36. The maximum absolute atomic E-state index is 13.0. The minimum atomic E-state index is -3.73. The van der Waals surface area contributed by atoms with Crippen LogP contribution >= 0.6 is 0 Å². The zero-order chi connectivity index (χ0) is 19.6. The number of sulfonamides is 1. The van der Waals surface area contributed by atoms with Crippen molar-refractivity contribution in [1.82, 2.24) is 14.8 Å². The van der Waals surface area contributed by atoms with Gasteiger partial charge in [0.1, 0.15) is 10.6 Å². The van der Waals surface area contributed by atoms with Gasteiger partial charge in [0.15, 0.2) is 5.76 Å². The smallest absolute Gasteiger partial charge is 0.248 e. The number of benzene rings is 1. The Labute approximate surface area is 159 Å². The molecule has 1 aromatic carbocycles. The molecule has 7 nitrogen and oxygen atoms in total. The van der Waals surface area contributed by atoms with E-state index in [0.717, 1.165) is 5.56 Å². The standard InChI is InChI=1S/C19H25N3O4S/c1-13(16-8-5-4-6-9-16)20-19(23)17-10-7-11-22(12-17)27(24,25)18-14(2)21-26-15(18)3/h4-6,8-9,13,17H,7,10-12H2,1-3H3,(H,20,23)/t13-,17-/m0/s1. The normalized spacial score (nSPS) is 19.6. The predicted molar refractivity (Wildman–Crippen MR) is 100 cm³/mol. The van der Waals surface area contributed by atoms with E-state index in [1.54, 1.807) is 13.8 Å². The average molecular weight is 391 g/mol. The van der Waals surface area contributed by atoms with Gasteiger partial charge in [-0.05, 0) is 39.2 Å². The van der Waals surface area contributed by atoms with E-state index < -0.39 is 10.0 Å². The van der Waals surface area contributed by atoms with E-state index in [1.165, 1.54) is 4.31 Å². The van der Waals surface area contributed by atoms with Crippen LogP contribution in [0.4, 0.5) is 0 Å². The molecule has 3 rings (SSSR count). The van der Waals surface area contributed by atoms with Gasteiger partial charge < -0.3 is 9.84 Å². The molecule has 146 valence electrons. The monoisotopic (exact) mass is 391 g/mol. The van der Waals surface area contributed by atoms with E-state index in [9.17, 15) is 13.2 Å². The van der Waals surface area contributed by atoms with Crippen molar-refractivity contribution in [3.8, 4) is 0 Å². The zero-order valence-electron chi connectivity index (χ0n) is 15.8. The van der Waals surface area contributed by atoms with Crippen LogP contribution in [0.5, 0.6) is 0 Å². The highest BCUT2D eigenvalue weighted by atomic mass is 32.2. The van der Waals surface area contributed by atoms with Gasteiger partial charge in [-0.15, -0.1) is 0 Å². The summed E-state index contributed by atoms with van der Waals surface area (Å²) in [7, 11) is -3.73. The molecule has 1 aliphatic rings. The summed E-state index contributed by atoms with van der Waals surface area (Å²) in [6.45, 7) is 5.68. The predicted octanol–water partition coefficient (Wildman–Crippen LogP) is 2.57. The lowest BCUT2D eigenvalue weighted by Crippen LogP contribution is -2.46. The van der Waals surface area contributed by atoms with Crippen LogP contribution in [0.25, 0.3) is 0 Å². The Morgan fingerprint density at radius 2 is 2.00 bits per heavy atom. The highest BCUT2D eigenvalue weighted by Gasteiger charge is 2.36. The first kappa shape index (κ1) is 19.6. The largest absolute Gasteiger partial charge is 0.360 e. The second-order valence-corrected chi connectivity index (χ2v) is 8.87. The number of nitrogens with one attached hydrogen (secondary N) is 1. The summed E-state index contributed by atoms with van der Waals surface area (Å²) in [6.07, 6.45) is 1.31. The van der Waals surface area contributed by atoms with E-state index in [-0.39, 0.29) is 35.1 Å². The molecule has 0 bridgehead atoms. The molecular formula is C19H25N3O4S.